The van der Waals surface area contributed by atoms with E-state index in [9.17, 15) is 4.79 Å². The summed E-state index contributed by atoms with van der Waals surface area (Å²) in [6.45, 7) is 2.23. The Morgan fingerprint density at radius 2 is 2.57 bits per heavy atom. The number of hydrogen-bond donors (Lipinski definition) is 0. The molecule has 0 saturated carbocycles. The Labute approximate surface area is 81.8 Å². The first-order chi connectivity index (χ1) is 6.72. The smallest absolute Gasteiger partial charge is 0.302 e. The van der Waals surface area contributed by atoms with Crippen LogP contribution < -0.4 is 0 Å². The van der Waals surface area contributed by atoms with Gasteiger partial charge in [0, 0.05) is 24.7 Å². The maximum absolute atomic E-state index is 10.7. The molecule has 1 aliphatic heterocycles. The van der Waals surface area contributed by atoms with Crippen molar-refractivity contribution >= 4 is 5.97 Å². The number of nitrogens with zero attached hydrogens (tertiary/aromatic N) is 3. The first kappa shape index (κ1) is 10.8. The highest BCUT2D eigenvalue weighted by Gasteiger charge is 2.23. The van der Waals surface area contributed by atoms with Crippen molar-refractivity contribution in [3.8, 4) is 0 Å². The summed E-state index contributed by atoms with van der Waals surface area (Å²) in [6, 6.07) is 0. The lowest BCUT2D eigenvalue weighted by atomic mass is 10.1. The van der Waals surface area contributed by atoms with E-state index in [-0.39, 0.29) is 18.2 Å². The van der Waals surface area contributed by atoms with Crippen LogP contribution in [0.3, 0.4) is 0 Å². The van der Waals surface area contributed by atoms with Gasteiger partial charge in [-0.1, -0.05) is 5.11 Å². The fraction of sp³-hybridized carbons (Fsp3) is 0.875. The molecule has 0 aromatic rings. The van der Waals surface area contributed by atoms with Crippen molar-refractivity contribution in [2.24, 2.45) is 5.11 Å². The second kappa shape index (κ2) is 5.47. The van der Waals surface area contributed by atoms with Crippen molar-refractivity contribution in [2.75, 3.05) is 13.2 Å². The van der Waals surface area contributed by atoms with E-state index in [1.54, 1.807) is 0 Å². The van der Waals surface area contributed by atoms with E-state index < -0.39 is 0 Å². The number of hydrogen-bond acceptors (Lipinski definition) is 4. The lowest BCUT2D eigenvalue weighted by molar-refractivity contribution is -0.152. The van der Waals surface area contributed by atoms with Crippen LogP contribution >= 0.6 is 0 Å². The summed E-state index contributed by atoms with van der Waals surface area (Å²) >= 11 is 0. The molecule has 6 heteroatoms. The fourth-order valence-electron chi connectivity index (χ4n) is 1.44. The van der Waals surface area contributed by atoms with Crippen LogP contribution in [-0.2, 0) is 14.3 Å². The van der Waals surface area contributed by atoms with E-state index in [1.807, 2.05) is 0 Å². The topological polar surface area (TPSA) is 84.3 Å². The number of ether oxygens (including phenoxy) is 2. The maximum atomic E-state index is 10.7. The van der Waals surface area contributed by atoms with Gasteiger partial charge in [0.05, 0.1) is 19.3 Å². The van der Waals surface area contributed by atoms with Gasteiger partial charge in [0.1, 0.15) is 6.10 Å². The molecule has 0 radical (unpaired) electrons. The van der Waals surface area contributed by atoms with Crippen LogP contribution in [0.2, 0.25) is 0 Å². The number of azide groups is 1. The van der Waals surface area contributed by atoms with Crippen molar-refractivity contribution in [3.63, 3.8) is 0 Å². The average molecular weight is 199 g/mol. The van der Waals surface area contributed by atoms with Crippen molar-refractivity contribution in [1.29, 1.82) is 0 Å². The summed E-state index contributed by atoms with van der Waals surface area (Å²) in [5.74, 6) is -0.278. The summed E-state index contributed by atoms with van der Waals surface area (Å²) in [6.07, 6.45) is 1.11. The molecular formula is C8H13N3O3. The zero-order chi connectivity index (χ0) is 10.4. The molecule has 1 fully saturated rings. The van der Waals surface area contributed by atoms with Gasteiger partial charge in [0.25, 0.3) is 0 Å². The van der Waals surface area contributed by atoms with Gasteiger partial charge < -0.3 is 9.47 Å². The molecule has 0 aromatic carbocycles. The van der Waals surface area contributed by atoms with E-state index in [1.165, 1.54) is 6.92 Å². The van der Waals surface area contributed by atoms with Crippen LogP contribution in [0.5, 0.6) is 0 Å². The molecule has 1 saturated heterocycles. The number of rotatable bonds is 3. The van der Waals surface area contributed by atoms with Crippen LogP contribution in [-0.4, -0.2) is 31.3 Å². The molecule has 0 N–H and O–H groups in total. The van der Waals surface area contributed by atoms with Crippen LogP contribution in [0.1, 0.15) is 19.8 Å². The second-order valence-corrected chi connectivity index (χ2v) is 3.16. The van der Waals surface area contributed by atoms with Crippen LogP contribution in [0, 0.1) is 0 Å². The molecule has 0 bridgehead atoms. The molecule has 2 atom stereocenters. The maximum Gasteiger partial charge on any atom is 0.302 e. The fourth-order valence-corrected chi connectivity index (χ4v) is 1.44. The number of carbonyl (C=O) groups is 1. The van der Waals surface area contributed by atoms with E-state index in [0.717, 1.165) is 0 Å². The van der Waals surface area contributed by atoms with Gasteiger partial charge in [-0.05, 0) is 5.53 Å². The van der Waals surface area contributed by atoms with Gasteiger partial charge in [0.2, 0.25) is 0 Å². The van der Waals surface area contributed by atoms with E-state index in [2.05, 4.69) is 10.0 Å². The SMILES string of the molecule is CC(=O)O[C@@H]1CCO[C@@H](CN=[N+]=[N-])C1. The molecule has 6 nitrogen and oxygen atoms in total. The zero-order valence-electron chi connectivity index (χ0n) is 8.05. The van der Waals surface area contributed by atoms with Crippen LogP contribution in [0.4, 0.5) is 0 Å². The summed E-state index contributed by atoms with van der Waals surface area (Å²) < 4.78 is 10.4. The Balaban J connectivity index is 2.35. The Hall–Kier alpha value is -1.26. The third-order valence-electron chi connectivity index (χ3n) is 2.00. The quantitative estimate of drug-likeness (QED) is 0.298. The van der Waals surface area contributed by atoms with Crippen LogP contribution in [0.25, 0.3) is 10.4 Å². The van der Waals surface area contributed by atoms with Gasteiger partial charge in [-0.25, -0.2) is 0 Å². The molecule has 14 heavy (non-hydrogen) atoms. The lowest BCUT2D eigenvalue weighted by Crippen LogP contribution is -2.33. The molecule has 0 unspecified atom stereocenters. The van der Waals surface area contributed by atoms with Gasteiger partial charge in [-0.2, -0.15) is 0 Å². The molecule has 0 spiro atoms. The van der Waals surface area contributed by atoms with E-state index in [4.69, 9.17) is 15.0 Å². The van der Waals surface area contributed by atoms with Gasteiger partial charge in [-0.15, -0.1) is 0 Å². The normalized spacial score (nSPS) is 26.4. The first-order valence-electron chi connectivity index (χ1n) is 4.52. The van der Waals surface area contributed by atoms with Crippen molar-refractivity contribution in [3.05, 3.63) is 10.4 Å². The minimum absolute atomic E-state index is 0.0971. The lowest BCUT2D eigenvalue weighted by Gasteiger charge is -2.27. The third kappa shape index (κ3) is 3.64. The predicted octanol–water partition coefficient (Wildman–Crippen LogP) is 1.41. The molecule has 0 amide bonds. The number of esters is 1. The highest BCUT2D eigenvalue weighted by atomic mass is 16.6. The van der Waals surface area contributed by atoms with Crippen molar-refractivity contribution in [1.82, 2.24) is 0 Å². The molecule has 1 rings (SSSR count). The van der Waals surface area contributed by atoms with Gasteiger partial charge >= 0.3 is 5.97 Å². The Morgan fingerprint density at radius 3 is 3.21 bits per heavy atom. The van der Waals surface area contributed by atoms with Crippen molar-refractivity contribution < 1.29 is 14.3 Å². The summed E-state index contributed by atoms with van der Waals surface area (Å²) in [4.78, 5) is 13.3. The van der Waals surface area contributed by atoms with E-state index in [0.29, 0.717) is 26.0 Å². The van der Waals surface area contributed by atoms with E-state index >= 15 is 0 Å². The molecule has 0 aliphatic carbocycles. The average Bonchev–Trinajstić information content (AvgIpc) is 2.14. The monoisotopic (exact) mass is 199 g/mol. The molecule has 1 heterocycles. The minimum atomic E-state index is -0.278. The largest absolute Gasteiger partial charge is 0.462 e. The molecule has 0 aromatic heterocycles. The molecular weight excluding hydrogens is 186 g/mol. The third-order valence-corrected chi connectivity index (χ3v) is 2.00. The first-order valence-corrected chi connectivity index (χ1v) is 4.52. The second-order valence-electron chi connectivity index (χ2n) is 3.16. The summed E-state index contributed by atoms with van der Waals surface area (Å²) in [5, 5.41) is 3.42. The number of carbonyl (C=O) groups excluding carboxylic acids is 1. The van der Waals surface area contributed by atoms with Crippen LogP contribution in [0.15, 0.2) is 5.11 Å². The standard InChI is InChI=1S/C8H13N3O3/c1-6(12)14-7-2-3-13-8(4-7)5-10-11-9/h7-8H,2-5H2,1H3/t7-,8-/m1/s1. The zero-order valence-corrected chi connectivity index (χ0v) is 8.05. The van der Waals surface area contributed by atoms with Crippen molar-refractivity contribution in [2.45, 2.75) is 32.0 Å². The Bertz CT molecular complexity index is 240. The Morgan fingerprint density at radius 1 is 1.79 bits per heavy atom. The highest BCUT2D eigenvalue weighted by molar-refractivity contribution is 5.66. The minimum Gasteiger partial charge on any atom is -0.462 e. The highest BCUT2D eigenvalue weighted by Crippen LogP contribution is 2.17. The van der Waals surface area contributed by atoms with Gasteiger partial charge in [-0.3, -0.25) is 4.79 Å². The molecule has 78 valence electrons. The predicted molar refractivity (Wildman–Crippen MR) is 48.5 cm³/mol. The molecule has 1 aliphatic rings. The summed E-state index contributed by atoms with van der Waals surface area (Å²) in [5.41, 5.74) is 8.13. The Kier molecular flexibility index (Phi) is 4.22. The summed E-state index contributed by atoms with van der Waals surface area (Å²) in [7, 11) is 0. The van der Waals surface area contributed by atoms with Gasteiger partial charge in [0.15, 0.2) is 0 Å².